The molecule has 2 saturated heterocycles. The molecule has 0 spiro atoms. The van der Waals surface area contributed by atoms with Gasteiger partial charge in [-0.2, -0.15) is 0 Å². The Morgan fingerprint density at radius 2 is 1.68 bits per heavy atom. The van der Waals surface area contributed by atoms with Crippen LogP contribution in [0.5, 0.6) is 0 Å². The Kier molecular flexibility index (Phi) is 9.72. The second-order valence-electron chi connectivity index (χ2n) is 10.6. The van der Waals surface area contributed by atoms with Gasteiger partial charge in [-0.25, -0.2) is 9.59 Å². The lowest BCUT2D eigenvalue weighted by atomic mass is 9.95. The summed E-state index contributed by atoms with van der Waals surface area (Å²) in [4.78, 5) is 53.1. The van der Waals surface area contributed by atoms with Gasteiger partial charge in [0.05, 0.1) is 18.1 Å². The third-order valence-electron chi connectivity index (χ3n) is 6.47. The number of hydrogen-bond acceptors (Lipinski definition) is 6. The van der Waals surface area contributed by atoms with Crippen molar-refractivity contribution in [3.8, 4) is 0 Å². The maximum atomic E-state index is 12.8. The number of hydrogen-bond donors (Lipinski definition) is 1. The van der Waals surface area contributed by atoms with Crippen molar-refractivity contribution in [2.24, 2.45) is 11.8 Å². The molecule has 9 nitrogen and oxygen atoms in total. The predicted molar refractivity (Wildman–Crippen MR) is 140 cm³/mol. The van der Waals surface area contributed by atoms with E-state index in [9.17, 15) is 19.2 Å². The summed E-state index contributed by atoms with van der Waals surface area (Å²) in [5.74, 6) is -0.703. The maximum Gasteiger partial charge on any atom is 0.410 e. The van der Waals surface area contributed by atoms with Crippen molar-refractivity contribution in [1.29, 1.82) is 0 Å². The molecule has 9 heteroatoms. The highest BCUT2D eigenvalue weighted by molar-refractivity contribution is 5.95. The molecule has 1 aromatic carbocycles. The molecule has 0 unspecified atom stereocenters. The lowest BCUT2D eigenvalue weighted by Gasteiger charge is -2.33. The summed E-state index contributed by atoms with van der Waals surface area (Å²) in [6, 6.07) is 6.58. The number of anilines is 1. The van der Waals surface area contributed by atoms with Gasteiger partial charge < -0.3 is 24.6 Å². The van der Waals surface area contributed by atoms with Crippen molar-refractivity contribution in [1.82, 2.24) is 9.80 Å². The molecular weight excluding hydrogens is 474 g/mol. The van der Waals surface area contributed by atoms with Crippen LogP contribution < -0.4 is 5.32 Å². The number of nitrogens with zero attached hydrogens (tertiary/aromatic N) is 2. The number of carbonyl (C=O) groups excluding carboxylic acids is 4. The van der Waals surface area contributed by atoms with Crippen LogP contribution in [0.1, 0.15) is 63.7 Å². The van der Waals surface area contributed by atoms with Crippen LogP contribution in [0.4, 0.5) is 10.5 Å². The van der Waals surface area contributed by atoms with Gasteiger partial charge in [0.2, 0.25) is 11.8 Å². The van der Waals surface area contributed by atoms with Crippen molar-refractivity contribution in [2.45, 2.75) is 59.0 Å². The Morgan fingerprint density at radius 3 is 2.30 bits per heavy atom. The number of nitrogens with one attached hydrogen (secondary N) is 1. The van der Waals surface area contributed by atoms with Crippen LogP contribution in [0.2, 0.25) is 0 Å². The highest BCUT2D eigenvalue weighted by Gasteiger charge is 2.29. The van der Waals surface area contributed by atoms with Crippen LogP contribution in [0, 0.1) is 11.8 Å². The fourth-order valence-electron chi connectivity index (χ4n) is 4.46. The summed E-state index contributed by atoms with van der Waals surface area (Å²) in [7, 11) is 0. The second-order valence-corrected chi connectivity index (χ2v) is 10.6. The molecule has 0 bridgehead atoms. The van der Waals surface area contributed by atoms with Crippen molar-refractivity contribution < 1.29 is 28.7 Å². The summed E-state index contributed by atoms with van der Waals surface area (Å²) >= 11 is 0. The van der Waals surface area contributed by atoms with Crippen molar-refractivity contribution in [3.05, 3.63) is 42.0 Å². The highest BCUT2D eigenvalue weighted by atomic mass is 16.6. The monoisotopic (exact) mass is 513 g/mol. The van der Waals surface area contributed by atoms with E-state index in [1.54, 1.807) is 47.1 Å². The quantitative estimate of drug-likeness (QED) is 0.451. The first-order valence-corrected chi connectivity index (χ1v) is 13.1. The largest absolute Gasteiger partial charge is 0.462 e. The Hall–Kier alpha value is -3.36. The third-order valence-corrected chi connectivity index (χ3v) is 6.47. The molecule has 2 fully saturated rings. The topological polar surface area (TPSA) is 105 Å². The van der Waals surface area contributed by atoms with Crippen LogP contribution in [-0.2, 0) is 19.1 Å². The Balaban J connectivity index is 1.46. The number of amides is 3. The maximum absolute atomic E-state index is 12.8. The number of carbonyl (C=O) groups is 4. The molecule has 3 rings (SSSR count). The molecule has 1 N–H and O–H groups in total. The molecule has 1 aromatic rings. The van der Waals surface area contributed by atoms with E-state index in [0.29, 0.717) is 50.5 Å². The first kappa shape index (κ1) is 28.2. The highest BCUT2D eigenvalue weighted by Crippen LogP contribution is 2.22. The van der Waals surface area contributed by atoms with Crippen LogP contribution in [0.15, 0.2) is 36.4 Å². The van der Waals surface area contributed by atoms with E-state index in [4.69, 9.17) is 9.47 Å². The van der Waals surface area contributed by atoms with Gasteiger partial charge in [-0.1, -0.05) is 6.08 Å². The van der Waals surface area contributed by atoms with Gasteiger partial charge in [-0.05, 0) is 89.6 Å². The van der Waals surface area contributed by atoms with Gasteiger partial charge in [-0.3, -0.25) is 9.59 Å². The molecule has 2 aliphatic heterocycles. The molecule has 0 radical (unpaired) electrons. The molecule has 1 atom stereocenters. The van der Waals surface area contributed by atoms with Crippen LogP contribution in [0.25, 0.3) is 0 Å². The number of ether oxygens (including phenoxy) is 2. The molecule has 0 aliphatic carbocycles. The van der Waals surface area contributed by atoms with Crippen molar-refractivity contribution >= 4 is 29.6 Å². The zero-order valence-corrected chi connectivity index (χ0v) is 22.3. The van der Waals surface area contributed by atoms with Crippen LogP contribution in [-0.4, -0.2) is 72.1 Å². The third kappa shape index (κ3) is 8.61. The molecule has 0 saturated carbocycles. The summed E-state index contributed by atoms with van der Waals surface area (Å²) in [5, 5.41) is 2.89. The fourth-order valence-corrected chi connectivity index (χ4v) is 4.46. The first-order valence-electron chi connectivity index (χ1n) is 13.1. The molecule has 37 heavy (non-hydrogen) atoms. The average Bonchev–Trinajstić information content (AvgIpc) is 2.87. The number of esters is 1. The minimum absolute atomic E-state index is 0.0918. The van der Waals surface area contributed by atoms with E-state index in [1.165, 1.54) is 0 Å². The van der Waals surface area contributed by atoms with E-state index in [1.807, 2.05) is 26.8 Å². The van der Waals surface area contributed by atoms with Crippen LogP contribution in [0.3, 0.4) is 0 Å². The van der Waals surface area contributed by atoms with Gasteiger partial charge in [0, 0.05) is 31.9 Å². The predicted octanol–water partition coefficient (Wildman–Crippen LogP) is 4.24. The Bertz CT molecular complexity index is 990. The Labute approximate surface area is 219 Å². The van der Waals surface area contributed by atoms with Gasteiger partial charge in [-0.15, -0.1) is 0 Å². The molecule has 2 aliphatic rings. The zero-order valence-electron chi connectivity index (χ0n) is 22.3. The summed E-state index contributed by atoms with van der Waals surface area (Å²) in [6.45, 7) is 9.80. The summed E-state index contributed by atoms with van der Waals surface area (Å²) in [5.41, 5.74) is 0.508. The van der Waals surface area contributed by atoms with Gasteiger partial charge >= 0.3 is 12.1 Å². The van der Waals surface area contributed by atoms with Crippen molar-refractivity contribution in [3.63, 3.8) is 0 Å². The Morgan fingerprint density at radius 1 is 1.00 bits per heavy atom. The van der Waals surface area contributed by atoms with Crippen molar-refractivity contribution in [2.75, 3.05) is 38.1 Å². The van der Waals surface area contributed by atoms with Gasteiger partial charge in [0.15, 0.2) is 0 Å². The standard InChI is InChI=1S/C28H39N3O6/c1-5-36-26(34)21-9-11-23(12-10-21)29-25(33)22-7-6-16-31(19-22)24(32)13-8-20-14-17-30(18-15-20)27(35)37-28(2,3)4/h8-13,20,22H,5-7,14-19H2,1-4H3,(H,29,33)/b13-8+/t22-/m1/s1. The normalized spacial score (nSPS) is 19.0. The number of benzene rings is 1. The second kappa shape index (κ2) is 12.7. The fraction of sp³-hybridized carbons (Fsp3) is 0.571. The number of rotatable bonds is 6. The molecule has 0 aromatic heterocycles. The molecule has 3 amide bonds. The number of likely N-dealkylation sites (tertiary alicyclic amines) is 2. The smallest absolute Gasteiger partial charge is 0.410 e. The SMILES string of the molecule is CCOC(=O)c1ccc(NC(=O)[C@@H]2CCCN(C(=O)/C=C/C3CCN(C(=O)OC(C)(C)C)CC3)C2)cc1. The minimum atomic E-state index is -0.516. The van der Waals surface area contributed by atoms with E-state index in [-0.39, 0.29) is 29.7 Å². The molecular formula is C28H39N3O6. The lowest BCUT2D eigenvalue weighted by Crippen LogP contribution is -2.43. The zero-order chi connectivity index (χ0) is 27.0. The van der Waals surface area contributed by atoms with Gasteiger partial charge in [0.25, 0.3) is 0 Å². The van der Waals surface area contributed by atoms with Gasteiger partial charge in [0.1, 0.15) is 5.60 Å². The van der Waals surface area contributed by atoms with E-state index in [2.05, 4.69) is 5.32 Å². The summed E-state index contributed by atoms with van der Waals surface area (Å²) in [6.07, 6.45) is 6.29. The first-order chi connectivity index (χ1) is 17.6. The lowest BCUT2D eigenvalue weighted by molar-refractivity contribution is -0.130. The minimum Gasteiger partial charge on any atom is -0.462 e. The molecule has 2 heterocycles. The number of allylic oxidation sites excluding steroid dienone is 1. The van der Waals surface area contributed by atoms with E-state index in [0.717, 1.165) is 19.3 Å². The number of piperidine rings is 2. The summed E-state index contributed by atoms with van der Waals surface area (Å²) < 4.78 is 10.4. The average molecular weight is 514 g/mol. The van der Waals surface area contributed by atoms with E-state index >= 15 is 0 Å². The van der Waals surface area contributed by atoms with E-state index < -0.39 is 11.6 Å². The van der Waals surface area contributed by atoms with Crippen LogP contribution >= 0.6 is 0 Å². The molecule has 202 valence electrons.